The van der Waals surface area contributed by atoms with Crippen LogP contribution in [0.15, 0.2) is 42.5 Å². The van der Waals surface area contributed by atoms with Crippen LogP contribution in [0.25, 0.3) is 21.7 Å². The Morgan fingerprint density at radius 2 is 1.78 bits per heavy atom. The maximum absolute atomic E-state index is 9.40. The van der Waals surface area contributed by atoms with Crippen LogP contribution in [0.5, 0.6) is 0 Å². The summed E-state index contributed by atoms with van der Waals surface area (Å²) < 4.78 is 0. The van der Waals surface area contributed by atoms with Gasteiger partial charge in [-0.2, -0.15) is 10.5 Å². The van der Waals surface area contributed by atoms with Gasteiger partial charge in [0, 0.05) is 20.9 Å². The lowest BCUT2D eigenvalue weighted by Gasteiger charge is -2.09. The van der Waals surface area contributed by atoms with Crippen molar-refractivity contribution >= 4 is 17.2 Å². The van der Waals surface area contributed by atoms with Gasteiger partial charge in [0.05, 0.1) is 17.3 Å². The molecule has 0 saturated heterocycles. The molecule has 1 aromatic carbocycles. The van der Waals surface area contributed by atoms with E-state index in [4.69, 9.17) is 11.0 Å². The van der Waals surface area contributed by atoms with Gasteiger partial charge in [0.25, 0.3) is 0 Å². The summed E-state index contributed by atoms with van der Waals surface area (Å²) in [5.74, 6) is 0.218. The van der Waals surface area contributed by atoms with Crippen molar-refractivity contribution < 1.29 is 0 Å². The number of nitrogens with zero attached hydrogens (tertiary/aromatic N) is 3. The van der Waals surface area contributed by atoms with Gasteiger partial charge in [-0.15, -0.1) is 11.3 Å². The molecule has 0 aliphatic heterocycles. The minimum absolute atomic E-state index is 0.218. The van der Waals surface area contributed by atoms with E-state index in [1.165, 1.54) is 4.88 Å². The van der Waals surface area contributed by atoms with Crippen LogP contribution < -0.4 is 5.73 Å². The quantitative estimate of drug-likeness (QED) is 0.770. The number of nitrogens with two attached hydrogens (primary N) is 1. The first kappa shape index (κ1) is 14.8. The summed E-state index contributed by atoms with van der Waals surface area (Å²) in [6.45, 7) is 2.02. The second-order valence-electron chi connectivity index (χ2n) is 5.03. The summed E-state index contributed by atoms with van der Waals surface area (Å²) in [6.07, 6.45) is 0. The molecule has 110 valence electrons. The van der Waals surface area contributed by atoms with Crippen molar-refractivity contribution in [1.82, 2.24) is 4.98 Å². The molecule has 0 aliphatic carbocycles. The Labute approximate surface area is 138 Å². The highest BCUT2D eigenvalue weighted by atomic mass is 32.1. The SMILES string of the molecule is Cc1ccc(-c2cc(-c3ccc(C#N)cc3)nc(N)c2C#N)s1. The number of nitriles is 2. The van der Waals surface area contributed by atoms with Crippen LogP contribution in [0.4, 0.5) is 5.82 Å². The van der Waals surface area contributed by atoms with Crippen LogP contribution in [-0.2, 0) is 0 Å². The number of nitrogen functional groups attached to an aromatic ring is 1. The Hall–Kier alpha value is -3.15. The van der Waals surface area contributed by atoms with E-state index in [-0.39, 0.29) is 5.82 Å². The smallest absolute Gasteiger partial charge is 0.142 e. The molecular weight excluding hydrogens is 304 g/mol. The van der Waals surface area contributed by atoms with E-state index in [2.05, 4.69) is 17.1 Å². The first-order valence-corrected chi connectivity index (χ1v) is 7.72. The number of hydrogen-bond acceptors (Lipinski definition) is 5. The third kappa shape index (κ3) is 2.78. The van der Waals surface area contributed by atoms with E-state index in [9.17, 15) is 5.26 Å². The fourth-order valence-corrected chi connectivity index (χ4v) is 3.21. The third-order valence-corrected chi connectivity index (χ3v) is 4.51. The molecule has 3 aromatic rings. The number of aromatic nitrogens is 1. The van der Waals surface area contributed by atoms with Gasteiger partial charge in [0.2, 0.25) is 0 Å². The van der Waals surface area contributed by atoms with Gasteiger partial charge >= 0.3 is 0 Å². The zero-order chi connectivity index (χ0) is 16.4. The van der Waals surface area contributed by atoms with E-state index in [0.29, 0.717) is 16.8 Å². The minimum atomic E-state index is 0.218. The zero-order valence-electron chi connectivity index (χ0n) is 12.4. The highest BCUT2D eigenvalue weighted by molar-refractivity contribution is 7.15. The number of pyridine rings is 1. The van der Waals surface area contributed by atoms with E-state index >= 15 is 0 Å². The molecule has 0 fully saturated rings. The lowest BCUT2D eigenvalue weighted by atomic mass is 10.0. The van der Waals surface area contributed by atoms with Crippen molar-refractivity contribution in [2.45, 2.75) is 6.92 Å². The molecule has 0 amide bonds. The number of anilines is 1. The van der Waals surface area contributed by atoms with Crippen molar-refractivity contribution in [1.29, 1.82) is 10.5 Å². The maximum Gasteiger partial charge on any atom is 0.142 e. The van der Waals surface area contributed by atoms with E-state index in [1.54, 1.807) is 23.5 Å². The molecule has 5 heteroatoms. The molecule has 0 radical (unpaired) electrons. The van der Waals surface area contributed by atoms with Crippen LogP contribution in [0.1, 0.15) is 16.0 Å². The Balaban J connectivity index is 2.18. The average molecular weight is 316 g/mol. The molecule has 0 saturated carbocycles. The van der Waals surface area contributed by atoms with Crippen molar-refractivity contribution in [2.75, 3.05) is 5.73 Å². The molecule has 3 rings (SSSR count). The first-order valence-electron chi connectivity index (χ1n) is 6.90. The number of hydrogen-bond donors (Lipinski definition) is 1. The summed E-state index contributed by atoms with van der Waals surface area (Å²) in [7, 11) is 0. The monoisotopic (exact) mass is 316 g/mol. The Morgan fingerprint density at radius 1 is 1.04 bits per heavy atom. The molecule has 2 N–H and O–H groups in total. The Kier molecular flexibility index (Phi) is 3.80. The van der Waals surface area contributed by atoms with Crippen molar-refractivity contribution in [3.63, 3.8) is 0 Å². The van der Waals surface area contributed by atoms with Crippen LogP contribution in [0, 0.1) is 29.6 Å². The van der Waals surface area contributed by atoms with Crippen LogP contribution in [-0.4, -0.2) is 4.98 Å². The molecule has 2 heterocycles. The van der Waals surface area contributed by atoms with Gasteiger partial charge in [0.15, 0.2) is 0 Å². The lowest BCUT2D eigenvalue weighted by Crippen LogP contribution is -1.99. The van der Waals surface area contributed by atoms with Gasteiger partial charge in [-0.1, -0.05) is 12.1 Å². The maximum atomic E-state index is 9.40. The molecule has 2 aromatic heterocycles. The van der Waals surface area contributed by atoms with Crippen molar-refractivity contribution in [3.8, 4) is 33.8 Å². The zero-order valence-corrected chi connectivity index (χ0v) is 13.2. The predicted octanol–water partition coefficient (Wildman–Crippen LogP) is 4.11. The van der Waals surface area contributed by atoms with Gasteiger partial charge in [-0.05, 0) is 37.3 Å². The Bertz CT molecular complexity index is 956. The summed E-state index contributed by atoms with van der Waals surface area (Å²) in [5.41, 5.74) is 9.30. The number of thiophene rings is 1. The van der Waals surface area contributed by atoms with Gasteiger partial charge in [-0.25, -0.2) is 4.98 Å². The summed E-state index contributed by atoms with van der Waals surface area (Å²) in [4.78, 5) is 6.49. The highest BCUT2D eigenvalue weighted by Crippen LogP contribution is 2.35. The van der Waals surface area contributed by atoms with Crippen LogP contribution in [0.3, 0.4) is 0 Å². The molecule has 0 atom stereocenters. The molecule has 4 nitrogen and oxygen atoms in total. The summed E-state index contributed by atoms with van der Waals surface area (Å²) in [6, 6.07) is 17.2. The predicted molar refractivity (Wildman–Crippen MR) is 91.6 cm³/mol. The van der Waals surface area contributed by atoms with Crippen LogP contribution >= 0.6 is 11.3 Å². The standard InChI is InChI=1S/C18H12N4S/c1-11-2-7-17(23-11)14-8-16(22-18(21)15(14)10-20)13-5-3-12(9-19)4-6-13/h2-8H,1H3,(H2,21,22). The van der Waals surface area contributed by atoms with E-state index < -0.39 is 0 Å². The molecule has 23 heavy (non-hydrogen) atoms. The normalized spacial score (nSPS) is 10.0. The van der Waals surface area contributed by atoms with Gasteiger partial charge in [-0.3, -0.25) is 0 Å². The second kappa shape index (κ2) is 5.92. The summed E-state index contributed by atoms with van der Waals surface area (Å²) >= 11 is 1.61. The second-order valence-corrected chi connectivity index (χ2v) is 6.31. The first-order chi connectivity index (χ1) is 11.1. The number of benzene rings is 1. The molecule has 0 aliphatic rings. The minimum Gasteiger partial charge on any atom is -0.383 e. The highest BCUT2D eigenvalue weighted by Gasteiger charge is 2.14. The fourth-order valence-electron chi connectivity index (χ4n) is 2.32. The van der Waals surface area contributed by atoms with E-state index in [0.717, 1.165) is 16.0 Å². The van der Waals surface area contributed by atoms with Crippen LogP contribution in [0.2, 0.25) is 0 Å². The van der Waals surface area contributed by atoms with Crippen molar-refractivity contribution in [2.24, 2.45) is 0 Å². The van der Waals surface area contributed by atoms with E-state index in [1.807, 2.05) is 37.3 Å². The fraction of sp³-hybridized carbons (Fsp3) is 0.0556. The summed E-state index contributed by atoms with van der Waals surface area (Å²) in [5, 5.41) is 18.3. The Morgan fingerprint density at radius 3 is 2.35 bits per heavy atom. The molecule has 0 spiro atoms. The van der Waals surface area contributed by atoms with Crippen molar-refractivity contribution in [3.05, 3.63) is 58.5 Å². The number of rotatable bonds is 2. The lowest BCUT2D eigenvalue weighted by molar-refractivity contribution is 1.31. The molecular formula is C18H12N4S. The van der Waals surface area contributed by atoms with Gasteiger partial charge < -0.3 is 5.73 Å². The molecule has 0 bridgehead atoms. The largest absolute Gasteiger partial charge is 0.383 e. The third-order valence-electron chi connectivity index (χ3n) is 3.47. The topological polar surface area (TPSA) is 86.5 Å². The number of aryl methyl sites for hydroxylation is 1. The molecule has 0 unspecified atom stereocenters. The van der Waals surface area contributed by atoms with Gasteiger partial charge in [0.1, 0.15) is 17.5 Å². The average Bonchev–Trinajstić information content (AvgIpc) is 3.00.